The van der Waals surface area contributed by atoms with Crippen molar-refractivity contribution in [3.05, 3.63) is 71.8 Å². The molecule has 1 aliphatic heterocycles. The molecule has 0 aliphatic carbocycles. The lowest BCUT2D eigenvalue weighted by atomic mass is 10.0. The highest BCUT2D eigenvalue weighted by atomic mass is 16.2. The summed E-state index contributed by atoms with van der Waals surface area (Å²) < 4.78 is 1.86. The van der Waals surface area contributed by atoms with Crippen LogP contribution in [0.4, 0.5) is 0 Å². The first kappa shape index (κ1) is 15.6. The number of nitrogens with zero attached hydrogens (tertiary/aromatic N) is 4. The third-order valence-electron chi connectivity index (χ3n) is 4.80. The Morgan fingerprint density at radius 2 is 2.12 bits per heavy atom. The number of rotatable bonds is 4. The van der Waals surface area contributed by atoms with E-state index in [0.717, 1.165) is 36.9 Å². The molecule has 1 unspecified atom stereocenters. The van der Waals surface area contributed by atoms with Gasteiger partial charge in [0.2, 0.25) is 0 Å². The van der Waals surface area contributed by atoms with Crippen molar-refractivity contribution in [2.75, 3.05) is 13.1 Å². The summed E-state index contributed by atoms with van der Waals surface area (Å²) in [7, 11) is 0. The first-order chi connectivity index (χ1) is 12.3. The van der Waals surface area contributed by atoms with Crippen molar-refractivity contribution >= 4 is 5.91 Å². The summed E-state index contributed by atoms with van der Waals surface area (Å²) in [6.07, 6.45) is 10.1. The van der Waals surface area contributed by atoms with Crippen LogP contribution in [0.2, 0.25) is 0 Å². The van der Waals surface area contributed by atoms with Gasteiger partial charge in [-0.2, -0.15) is 0 Å². The van der Waals surface area contributed by atoms with Gasteiger partial charge in [-0.05, 0) is 30.4 Å². The highest BCUT2D eigenvalue weighted by Gasteiger charge is 2.27. The van der Waals surface area contributed by atoms with Crippen LogP contribution in [0.15, 0.2) is 55.1 Å². The number of amides is 1. The van der Waals surface area contributed by atoms with E-state index in [9.17, 15) is 4.79 Å². The Labute approximate surface area is 146 Å². The monoisotopic (exact) mass is 335 g/mol. The molecule has 6 heteroatoms. The largest absolute Gasteiger partial charge is 0.367 e. The Morgan fingerprint density at radius 1 is 1.24 bits per heavy atom. The van der Waals surface area contributed by atoms with Gasteiger partial charge in [-0.1, -0.05) is 35.5 Å². The van der Waals surface area contributed by atoms with Crippen molar-refractivity contribution < 1.29 is 4.79 Å². The van der Waals surface area contributed by atoms with E-state index in [4.69, 9.17) is 0 Å². The molecule has 1 amide bonds. The molecule has 1 aliphatic rings. The van der Waals surface area contributed by atoms with Crippen LogP contribution in [0.1, 0.15) is 40.4 Å². The van der Waals surface area contributed by atoms with Gasteiger partial charge in [-0.25, -0.2) is 4.68 Å². The first-order valence-electron chi connectivity index (χ1n) is 8.66. The van der Waals surface area contributed by atoms with Crippen molar-refractivity contribution in [1.29, 1.82) is 0 Å². The lowest BCUT2D eigenvalue weighted by Gasteiger charge is -2.32. The van der Waals surface area contributed by atoms with E-state index in [0.29, 0.717) is 6.54 Å². The van der Waals surface area contributed by atoms with Crippen LogP contribution in [0.3, 0.4) is 0 Å². The fourth-order valence-electron chi connectivity index (χ4n) is 3.49. The van der Waals surface area contributed by atoms with Crippen molar-refractivity contribution in [2.45, 2.75) is 25.3 Å². The van der Waals surface area contributed by atoms with Crippen LogP contribution >= 0.6 is 0 Å². The third kappa shape index (κ3) is 3.33. The minimum Gasteiger partial charge on any atom is -0.367 e. The molecule has 25 heavy (non-hydrogen) atoms. The lowest BCUT2D eigenvalue weighted by Crippen LogP contribution is -2.41. The van der Waals surface area contributed by atoms with Gasteiger partial charge in [0.05, 0.1) is 17.8 Å². The van der Waals surface area contributed by atoms with Gasteiger partial charge in [0.25, 0.3) is 5.91 Å². The maximum Gasteiger partial charge on any atom is 0.255 e. The standard InChI is InChI=1S/C19H21N5O/c25-19(23-9-4-7-17(14-23)24-10-8-21-22-24)18-13-20-12-16(18)11-15-5-2-1-3-6-15/h1-3,5-6,8,10,12-13,17,20H,4,7,9,11,14H2. The summed E-state index contributed by atoms with van der Waals surface area (Å²) in [6.45, 7) is 1.47. The molecule has 1 saturated heterocycles. The molecule has 4 rings (SSSR count). The molecule has 1 fully saturated rings. The Morgan fingerprint density at radius 3 is 2.92 bits per heavy atom. The van der Waals surface area contributed by atoms with Crippen LogP contribution in [-0.2, 0) is 6.42 Å². The highest BCUT2D eigenvalue weighted by molar-refractivity contribution is 5.95. The number of likely N-dealkylation sites (tertiary alicyclic amines) is 1. The van der Waals surface area contributed by atoms with Crippen LogP contribution in [0, 0.1) is 0 Å². The van der Waals surface area contributed by atoms with E-state index >= 15 is 0 Å². The second-order valence-electron chi connectivity index (χ2n) is 6.49. The molecule has 0 radical (unpaired) electrons. The van der Waals surface area contributed by atoms with Crippen LogP contribution in [-0.4, -0.2) is 43.9 Å². The van der Waals surface area contributed by atoms with Gasteiger partial charge in [-0.3, -0.25) is 4.79 Å². The summed E-state index contributed by atoms with van der Waals surface area (Å²) in [4.78, 5) is 18.1. The summed E-state index contributed by atoms with van der Waals surface area (Å²) in [5.74, 6) is 0.0944. The zero-order valence-corrected chi connectivity index (χ0v) is 14.0. The van der Waals surface area contributed by atoms with Crippen molar-refractivity contribution in [3.8, 4) is 0 Å². The zero-order valence-electron chi connectivity index (χ0n) is 14.0. The van der Waals surface area contributed by atoms with Gasteiger partial charge < -0.3 is 9.88 Å². The molecule has 1 N–H and O–H groups in total. The minimum atomic E-state index is 0.0944. The smallest absolute Gasteiger partial charge is 0.255 e. The Balaban J connectivity index is 1.50. The molecule has 0 bridgehead atoms. The van der Waals surface area contributed by atoms with Crippen molar-refractivity contribution in [2.24, 2.45) is 0 Å². The number of carbonyl (C=O) groups excluding carboxylic acids is 1. The topological polar surface area (TPSA) is 66.8 Å². The van der Waals surface area contributed by atoms with Gasteiger partial charge in [0, 0.05) is 31.7 Å². The number of aromatic nitrogens is 4. The molecule has 3 heterocycles. The predicted octanol–water partition coefficient (Wildman–Crippen LogP) is 2.67. The molecule has 0 spiro atoms. The fourth-order valence-corrected chi connectivity index (χ4v) is 3.49. The predicted molar refractivity (Wildman–Crippen MR) is 94.2 cm³/mol. The number of carbonyl (C=O) groups is 1. The van der Waals surface area contributed by atoms with Crippen LogP contribution in [0.25, 0.3) is 0 Å². The van der Waals surface area contributed by atoms with Gasteiger partial charge in [-0.15, -0.1) is 5.10 Å². The molecule has 6 nitrogen and oxygen atoms in total. The quantitative estimate of drug-likeness (QED) is 0.797. The van der Waals surface area contributed by atoms with Gasteiger partial charge in [0.15, 0.2) is 0 Å². The third-order valence-corrected chi connectivity index (χ3v) is 4.80. The molecule has 1 atom stereocenters. The number of benzene rings is 1. The highest BCUT2D eigenvalue weighted by Crippen LogP contribution is 2.23. The average molecular weight is 335 g/mol. The minimum absolute atomic E-state index is 0.0944. The fraction of sp³-hybridized carbons (Fsp3) is 0.316. The lowest BCUT2D eigenvalue weighted by molar-refractivity contribution is 0.0671. The molecule has 3 aromatic rings. The number of nitrogens with one attached hydrogen (secondary N) is 1. The molecular weight excluding hydrogens is 314 g/mol. The second kappa shape index (κ2) is 6.93. The van der Waals surface area contributed by atoms with Gasteiger partial charge >= 0.3 is 0 Å². The Bertz CT molecular complexity index is 825. The summed E-state index contributed by atoms with van der Waals surface area (Å²) >= 11 is 0. The maximum atomic E-state index is 13.0. The number of hydrogen-bond acceptors (Lipinski definition) is 3. The van der Waals surface area contributed by atoms with Crippen molar-refractivity contribution in [1.82, 2.24) is 24.9 Å². The van der Waals surface area contributed by atoms with E-state index in [1.54, 1.807) is 6.20 Å². The normalized spacial score (nSPS) is 17.6. The Kier molecular flexibility index (Phi) is 4.33. The van der Waals surface area contributed by atoms with Crippen molar-refractivity contribution in [3.63, 3.8) is 0 Å². The number of H-pyrrole nitrogens is 1. The second-order valence-corrected chi connectivity index (χ2v) is 6.49. The van der Waals surface area contributed by atoms with E-state index in [2.05, 4.69) is 27.4 Å². The van der Waals surface area contributed by atoms with E-state index in [-0.39, 0.29) is 11.9 Å². The SMILES string of the molecule is O=C(c1c[nH]cc1Cc1ccccc1)N1CCCC(n2ccnn2)C1. The first-order valence-corrected chi connectivity index (χ1v) is 8.66. The molecule has 1 aromatic carbocycles. The number of piperidine rings is 1. The van der Waals surface area contributed by atoms with Crippen LogP contribution in [0.5, 0.6) is 0 Å². The van der Waals surface area contributed by atoms with Gasteiger partial charge in [0.1, 0.15) is 0 Å². The molecule has 0 saturated carbocycles. The Hall–Kier alpha value is -2.89. The molecule has 2 aromatic heterocycles. The molecule has 128 valence electrons. The average Bonchev–Trinajstić information content (AvgIpc) is 3.34. The van der Waals surface area contributed by atoms with E-state index in [1.165, 1.54) is 5.56 Å². The number of aromatic amines is 1. The number of hydrogen-bond donors (Lipinski definition) is 1. The molecular formula is C19H21N5O. The maximum absolute atomic E-state index is 13.0. The summed E-state index contributed by atoms with van der Waals surface area (Å²) in [5.41, 5.74) is 3.01. The van der Waals surface area contributed by atoms with E-state index < -0.39 is 0 Å². The van der Waals surface area contributed by atoms with Crippen LogP contribution < -0.4 is 0 Å². The summed E-state index contributed by atoms with van der Waals surface area (Å²) in [6, 6.07) is 10.4. The van der Waals surface area contributed by atoms with E-state index in [1.807, 2.05) is 46.4 Å². The summed E-state index contributed by atoms with van der Waals surface area (Å²) in [5, 5.41) is 7.97. The zero-order chi connectivity index (χ0) is 17.1.